The molecule has 0 radical (unpaired) electrons. The van der Waals surface area contributed by atoms with Gasteiger partial charge in [0.2, 0.25) is 5.82 Å². The molecule has 1 aromatic rings. The Morgan fingerprint density at radius 1 is 1.57 bits per heavy atom. The van der Waals surface area contributed by atoms with Crippen molar-refractivity contribution in [1.29, 1.82) is 0 Å². The molecule has 1 aromatic heterocycles. The number of anilines is 1. The summed E-state index contributed by atoms with van der Waals surface area (Å²) in [7, 11) is 0. The second-order valence-electron chi connectivity index (χ2n) is 5.36. The topological polar surface area (TPSA) is 101 Å². The molecule has 0 aliphatic carbocycles. The standard InChI is InChI=1S/C13H20N4O4/c1-3-6-16-12(11(17(20)21)9(2)14-16)15-7-4-5-10(8-15)13(18)19/h10H,3-8H2,1-2H3,(H,18,19). The number of carboxylic acids is 1. The molecule has 0 spiro atoms. The van der Waals surface area contributed by atoms with Gasteiger partial charge in [-0.05, 0) is 26.2 Å². The maximum atomic E-state index is 11.3. The van der Waals surface area contributed by atoms with Crippen molar-refractivity contribution in [1.82, 2.24) is 9.78 Å². The third-order valence-electron chi connectivity index (χ3n) is 3.76. The fourth-order valence-corrected chi connectivity index (χ4v) is 2.83. The summed E-state index contributed by atoms with van der Waals surface area (Å²) in [6, 6.07) is 0. The molecular formula is C13H20N4O4. The Kier molecular flexibility index (Phi) is 4.44. The molecule has 2 rings (SSSR count). The van der Waals surface area contributed by atoms with Crippen LogP contribution < -0.4 is 4.90 Å². The van der Waals surface area contributed by atoms with Gasteiger partial charge in [0.05, 0.1) is 10.8 Å². The molecule has 2 heterocycles. The molecule has 1 unspecified atom stereocenters. The first-order valence-electron chi connectivity index (χ1n) is 7.15. The van der Waals surface area contributed by atoms with Gasteiger partial charge in [-0.2, -0.15) is 5.10 Å². The zero-order chi connectivity index (χ0) is 15.6. The van der Waals surface area contributed by atoms with Crippen LogP contribution in [0, 0.1) is 23.0 Å². The molecule has 1 atom stereocenters. The molecule has 0 bridgehead atoms. The minimum atomic E-state index is -0.847. The predicted octanol–water partition coefficient (Wildman–Crippen LogP) is 1.81. The molecule has 0 saturated carbocycles. The minimum Gasteiger partial charge on any atom is -0.481 e. The van der Waals surface area contributed by atoms with Crippen LogP contribution in [0.4, 0.5) is 11.5 Å². The van der Waals surface area contributed by atoms with Gasteiger partial charge in [-0.25, -0.2) is 4.68 Å². The molecule has 8 nitrogen and oxygen atoms in total. The normalized spacial score (nSPS) is 18.8. The van der Waals surface area contributed by atoms with E-state index in [1.54, 1.807) is 16.5 Å². The molecule has 1 N–H and O–H groups in total. The maximum Gasteiger partial charge on any atom is 0.333 e. The van der Waals surface area contributed by atoms with Crippen LogP contribution in [0.15, 0.2) is 0 Å². The first kappa shape index (κ1) is 15.3. The van der Waals surface area contributed by atoms with Gasteiger partial charge in [-0.1, -0.05) is 6.92 Å². The first-order valence-corrected chi connectivity index (χ1v) is 7.15. The summed E-state index contributed by atoms with van der Waals surface area (Å²) in [6.45, 7) is 5.10. The zero-order valence-electron chi connectivity index (χ0n) is 12.3. The first-order chi connectivity index (χ1) is 9.95. The van der Waals surface area contributed by atoms with Crippen LogP contribution in [0.5, 0.6) is 0 Å². The summed E-state index contributed by atoms with van der Waals surface area (Å²) in [6.07, 6.45) is 2.13. The third kappa shape index (κ3) is 2.98. The van der Waals surface area contributed by atoms with Gasteiger partial charge in [0, 0.05) is 19.6 Å². The van der Waals surface area contributed by atoms with Crippen molar-refractivity contribution in [3.05, 3.63) is 15.8 Å². The monoisotopic (exact) mass is 296 g/mol. The number of nitro groups is 1. The summed E-state index contributed by atoms with van der Waals surface area (Å²) in [5.74, 6) is -0.880. The molecule has 0 aromatic carbocycles. The Hall–Kier alpha value is -2.12. The van der Waals surface area contributed by atoms with Crippen LogP contribution >= 0.6 is 0 Å². The van der Waals surface area contributed by atoms with E-state index in [0.717, 1.165) is 6.42 Å². The van der Waals surface area contributed by atoms with Crippen molar-refractivity contribution in [2.75, 3.05) is 18.0 Å². The highest BCUT2D eigenvalue weighted by Crippen LogP contribution is 2.34. The van der Waals surface area contributed by atoms with E-state index in [2.05, 4.69) is 5.10 Å². The molecule has 0 amide bonds. The van der Waals surface area contributed by atoms with Crippen LogP contribution in [0.2, 0.25) is 0 Å². The van der Waals surface area contributed by atoms with E-state index in [4.69, 9.17) is 0 Å². The van der Waals surface area contributed by atoms with Gasteiger partial charge in [-0.3, -0.25) is 14.9 Å². The fraction of sp³-hybridized carbons (Fsp3) is 0.692. The highest BCUT2D eigenvalue weighted by atomic mass is 16.6. The van der Waals surface area contributed by atoms with Gasteiger partial charge < -0.3 is 10.0 Å². The van der Waals surface area contributed by atoms with Gasteiger partial charge in [-0.15, -0.1) is 0 Å². The molecule has 1 saturated heterocycles. The zero-order valence-corrected chi connectivity index (χ0v) is 12.3. The number of hydrogen-bond acceptors (Lipinski definition) is 5. The van der Waals surface area contributed by atoms with Gasteiger partial charge >= 0.3 is 11.7 Å². The lowest BCUT2D eigenvalue weighted by Crippen LogP contribution is -2.40. The molecule has 116 valence electrons. The second-order valence-corrected chi connectivity index (χ2v) is 5.36. The summed E-state index contributed by atoms with van der Waals surface area (Å²) >= 11 is 0. The van der Waals surface area contributed by atoms with Crippen molar-refractivity contribution in [2.45, 2.75) is 39.7 Å². The maximum absolute atomic E-state index is 11.3. The van der Waals surface area contributed by atoms with Crippen LogP contribution in [-0.2, 0) is 11.3 Å². The molecule has 1 fully saturated rings. The second kappa shape index (κ2) is 6.11. The van der Waals surface area contributed by atoms with Crippen molar-refractivity contribution in [3.63, 3.8) is 0 Å². The lowest BCUT2D eigenvalue weighted by Gasteiger charge is -2.31. The lowest BCUT2D eigenvalue weighted by atomic mass is 9.98. The van der Waals surface area contributed by atoms with Crippen molar-refractivity contribution in [2.24, 2.45) is 5.92 Å². The Morgan fingerprint density at radius 3 is 2.86 bits per heavy atom. The minimum absolute atomic E-state index is 0.00510. The highest BCUT2D eigenvalue weighted by Gasteiger charge is 2.34. The number of piperidine rings is 1. The number of nitrogens with zero attached hydrogens (tertiary/aromatic N) is 4. The van der Waals surface area contributed by atoms with Gasteiger partial charge in [0.25, 0.3) is 0 Å². The van der Waals surface area contributed by atoms with E-state index in [1.165, 1.54) is 0 Å². The molecule has 8 heteroatoms. The summed E-state index contributed by atoms with van der Waals surface area (Å²) in [5, 5.41) is 24.8. The van der Waals surface area contributed by atoms with E-state index in [1.807, 2.05) is 6.92 Å². The average molecular weight is 296 g/mol. The quantitative estimate of drug-likeness (QED) is 0.656. The average Bonchev–Trinajstić information content (AvgIpc) is 2.76. The van der Waals surface area contributed by atoms with Crippen LogP contribution in [0.25, 0.3) is 0 Å². The van der Waals surface area contributed by atoms with Crippen molar-refractivity contribution >= 4 is 17.5 Å². The Morgan fingerprint density at radius 2 is 2.29 bits per heavy atom. The van der Waals surface area contributed by atoms with Gasteiger partial charge in [0.1, 0.15) is 5.69 Å². The number of carbonyl (C=O) groups is 1. The Bertz CT molecular complexity index is 555. The largest absolute Gasteiger partial charge is 0.481 e. The number of aromatic nitrogens is 2. The number of aryl methyl sites for hydroxylation is 2. The molecular weight excluding hydrogens is 276 g/mol. The number of hydrogen-bond donors (Lipinski definition) is 1. The van der Waals surface area contributed by atoms with Crippen LogP contribution in [-0.4, -0.2) is 38.9 Å². The van der Waals surface area contributed by atoms with Crippen molar-refractivity contribution in [3.8, 4) is 0 Å². The Labute approximate surface area is 122 Å². The highest BCUT2D eigenvalue weighted by molar-refractivity contribution is 5.72. The van der Waals surface area contributed by atoms with Gasteiger partial charge in [0.15, 0.2) is 0 Å². The summed E-state index contributed by atoms with van der Waals surface area (Å²) < 4.78 is 1.64. The number of rotatable bonds is 5. The van der Waals surface area contributed by atoms with Crippen LogP contribution in [0.1, 0.15) is 31.9 Å². The van der Waals surface area contributed by atoms with E-state index < -0.39 is 16.8 Å². The predicted molar refractivity (Wildman–Crippen MR) is 76.5 cm³/mol. The van der Waals surface area contributed by atoms with E-state index in [9.17, 15) is 20.0 Å². The van der Waals surface area contributed by atoms with Crippen LogP contribution in [0.3, 0.4) is 0 Å². The Balaban J connectivity index is 2.40. The smallest absolute Gasteiger partial charge is 0.333 e. The molecule has 21 heavy (non-hydrogen) atoms. The van der Waals surface area contributed by atoms with E-state index in [0.29, 0.717) is 44.0 Å². The number of aliphatic carboxylic acids is 1. The summed E-state index contributed by atoms with van der Waals surface area (Å²) in [5.41, 5.74) is 0.371. The van der Waals surface area contributed by atoms with E-state index in [-0.39, 0.29) is 5.69 Å². The summed E-state index contributed by atoms with van der Waals surface area (Å²) in [4.78, 5) is 23.9. The number of carboxylic acid groups (broad SMARTS) is 1. The molecule has 1 aliphatic heterocycles. The third-order valence-corrected chi connectivity index (χ3v) is 3.76. The van der Waals surface area contributed by atoms with Crippen molar-refractivity contribution < 1.29 is 14.8 Å². The SMILES string of the molecule is CCCn1nc(C)c([N+](=O)[O-])c1N1CCCC(C(=O)O)C1. The molecule has 1 aliphatic rings. The fourth-order valence-electron chi connectivity index (χ4n) is 2.83. The lowest BCUT2D eigenvalue weighted by molar-refractivity contribution is -0.384. The van der Waals surface area contributed by atoms with E-state index >= 15 is 0 Å².